The summed E-state index contributed by atoms with van der Waals surface area (Å²) in [6.07, 6.45) is 0.199. The van der Waals surface area contributed by atoms with Crippen LogP contribution in [0.4, 0.5) is 4.39 Å². The summed E-state index contributed by atoms with van der Waals surface area (Å²) in [4.78, 5) is 11.0. The third kappa shape index (κ3) is 3.49. The van der Waals surface area contributed by atoms with Gasteiger partial charge in [0, 0.05) is 5.02 Å². The van der Waals surface area contributed by atoms with Crippen molar-refractivity contribution in [3.8, 4) is 0 Å². The van der Waals surface area contributed by atoms with Gasteiger partial charge in [-0.2, -0.15) is 0 Å². The maximum absolute atomic E-state index is 12.9. The van der Waals surface area contributed by atoms with E-state index < -0.39 is 17.8 Å². The molecule has 1 aromatic rings. The monoisotopic (exact) mass is 231 g/mol. The van der Waals surface area contributed by atoms with E-state index in [1.165, 1.54) is 19.2 Å². The quantitative estimate of drug-likeness (QED) is 0.803. The summed E-state index contributed by atoms with van der Waals surface area (Å²) in [7, 11) is 1.25. The average molecular weight is 232 g/mol. The van der Waals surface area contributed by atoms with Crippen molar-refractivity contribution < 1.29 is 13.9 Å². The molecule has 0 spiro atoms. The molecule has 82 valence electrons. The highest BCUT2D eigenvalue weighted by Gasteiger charge is 2.14. The van der Waals surface area contributed by atoms with E-state index in [-0.39, 0.29) is 11.4 Å². The highest BCUT2D eigenvalue weighted by Crippen LogP contribution is 2.15. The van der Waals surface area contributed by atoms with Gasteiger partial charge >= 0.3 is 5.97 Å². The van der Waals surface area contributed by atoms with Crippen molar-refractivity contribution in [2.24, 2.45) is 5.73 Å². The van der Waals surface area contributed by atoms with E-state index in [4.69, 9.17) is 17.3 Å². The van der Waals surface area contributed by atoms with Gasteiger partial charge in [0.05, 0.1) is 7.11 Å². The van der Waals surface area contributed by atoms with Gasteiger partial charge in [-0.3, -0.25) is 4.79 Å². The number of ether oxygens (including phenoxy) is 1. The lowest BCUT2D eigenvalue weighted by Gasteiger charge is -2.09. The molecule has 0 aliphatic carbocycles. The number of carbonyl (C=O) groups is 1. The molecule has 0 aliphatic heterocycles. The molecule has 15 heavy (non-hydrogen) atoms. The molecule has 0 heterocycles. The van der Waals surface area contributed by atoms with E-state index in [2.05, 4.69) is 4.74 Å². The first kappa shape index (κ1) is 11.9. The van der Waals surface area contributed by atoms with Crippen LogP contribution < -0.4 is 5.73 Å². The second-order valence-corrected chi connectivity index (χ2v) is 3.55. The van der Waals surface area contributed by atoms with Crippen LogP contribution in [0, 0.1) is 5.82 Å². The molecule has 0 fully saturated rings. The van der Waals surface area contributed by atoms with E-state index in [1.54, 1.807) is 6.07 Å². The van der Waals surface area contributed by atoms with Gasteiger partial charge in [0.1, 0.15) is 11.9 Å². The fourth-order valence-electron chi connectivity index (χ4n) is 1.22. The fourth-order valence-corrected chi connectivity index (χ4v) is 1.46. The first-order valence-corrected chi connectivity index (χ1v) is 4.69. The van der Waals surface area contributed by atoms with Gasteiger partial charge < -0.3 is 10.5 Å². The number of esters is 1. The molecular weight excluding hydrogens is 221 g/mol. The molecule has 1 aromatic carbocycles. The summed E-state index contributed by atoms with van der Waals surface area (Å²) in [6.45, 7) is 0. The molecule has 0 saturated heterocycles. The van der Waals surface area contributed by atoms with Crippen LogP contribution in [0.5, 0.6) is 0 Å². The lowest BCUT2D eigenvalue weighted by molar-refractivity contribution is -0.142. The Morgan fingerprint density at radius 2 is 2.27 bits per heavy atom. The smallest absolute Gasteiger partial charge is 0.322 e. The van der Waals surface area contributed by atoms with E-state index >= 15 is 0 Å². The molecule has 0 unspecified atom stereocenters. The Morgan fingerprint density at radius 3 is 2.80 bits per heavy atom. The predicted octanol–water partition coefficient (Wildman–Crippen LogP) is 1.52. The zero-order valence-corrected chi connectivity index (χ0v) is 8.92. The summed E-state index contributed by atoms with van der Waals surface area (Å²) < 4.78 is 17.4. The molecule has 0 aliphatic rings. The van der Waals surface area contributed by atoms with Crippen LogP contribution in [0.1, 0.15) is 5.56 Å². The molecule has 1 rings (SSSR count). The molecule has 2 N–H and O–H groups in total. The van der Waals surface area contributed by atoms with Crippen molar-refractivity contribution in [1.82, 2.24) is 0 Å². The Balaban J connectivity index is 2.76. The molecular formula is C10H11ClFNO2. The summed E-state index contributed by atoms with van der Waals surface area (Å²) in [5.41, 5.74) is 6.09. The van der Waals surface area contributed by atoms with E-state index in [9.17, 15) is 9.18 Å². The topological polar surface area (TPSA) is 52.3 Å². The molecule has 1 atom stereocenters. The van der Waals surface area contributed by atoms with Gasteiger partial charge in [0.25, 0.3) is 0 Å². The van der Waals surface area contributed by atoms with Crippen LogP contribution in [0.2, 0.25) is 5.02 Å². The predicted molar refractivity (Wildman–Crippen MR) is 55.1 cm³/mol. The lowest BCUT2D eigenvalue weighted by atomic mass is 10.1. The van der Waals surface area contributed by atoms with Gasteiger partial charge in [-0.25, -0.2) is 4.39 Å². The van der Waals surface area contributed by atoms with Gasteiger partial charge in [-0.15, -0.1) is 0 Å². The number of halogens is 2. The number of hydrogen-bond acceptors (Lipinski definition) is 3. The molecule has 0 amide bonds. The normalized spacial score (nSPS) is 12.3. The molecule has 5 heteroatoms. The van der Waals surface area contributed by atoms with Crippen LogP contribution in [-0.2, 0) is 16.0 Å². The van der Waals surface area contributed by atoms with Gasteiger partial charge in [0.2, 0.25) is 0 Å². The number of carbonyl (C=O) groups excluding carboxylic acids is 1. The standard InChI is InChI=1S/C10H11ClFNO2/c1-15-10(14)9(13)4-6-2-7(11)5-8(12)3-6/h2-3,5,9H,4,13H2,1H3/t9-/m1/s1. The van der Waals surface area contributed by atoms with Gasteiger partial charge in [-0.05, 0) is 30.2 Å². The minimum Gasteiger partial charge on any atom is -0.468 e. The van der Waals surface area contributed by atoms with Crippen molar-refractivity contribution in [2.75, 3.05) is 7.11 Å². The maximum atomic E-state index is 12.9. The van der Waals surface area contributed by atoms with Crippen LogP contribution in [-0.4, -0.2) is 19.1 Å². The second kappa shape index (κ2) is 5.09. The van der Waals surface area contributed by atoms with Crippen molar-refractivity contribution in [3.05, 3.63) is 34.6 Å². The molecule has 0 radical (unpaired) electrons. The molecule has 0 saturated carbocycles. The second-order valence-electron chi connectivity index (χ2n) is 3.11. The van der Waals surface area contributed by atoms with Crippen LogP contribution >= 0.6 is 11.6 Å². The minimum atomic E-state index is -0.798. The van der Waals surface area contributed by atoms with Gasteiger partial charge in [0.15, 0.2) is 0 Å². The van der Waals surface area contributed by atoms with Crippen LogP contribution in [0.25, 0.3) is 0 Å². The third-order valence-corrected chi connectivity index (χ3v) is 2.10. The van der Waals surface area contributed by atoms with E-state index in [0.717, 1.165) is 0 Å². The average Bonchev–Trinajstić information content (AvgIpc) is 2.14. The number of rotatable bonds is 3. The summed E-state index contributed by atoms with van der Waals surface area (Å²) in [6, 6.07) is 3.24. The Bertz CT molecular complexity index is 350. The van der Waals surface area contributed by atoms with Crippen molar-refractivity contribution in [1.29, 1.82) is 0 Å². The van der Waals surface area contributed by atoms with Crippen molar-refractivity contribution in [3.63, 3.8) is 0 Å². The summed E-state index contributed by atoms with van der Waals surface area (Å²) >= 11 is 5.65. The number of hydrogen-bond donors (Lipinski definition) is 1. The number of benzene rings is 1. The summed E-state index contributed by atoms with van der Waals surface area (Å²) in [5, 5.41) is 0.280. The van der Waals surface area contributed by atoms with E-state index in [1.807, 2.05) is 0 Å². The zero-order valence-electron chi connectivity index (χ0n) is 8.17. The third-order valence-electron chi connectivity index (χ3n) is 1.88. The number of methoxy groups -OCH3 is 1. The largest absolute Gasteiger partial charge is 0.468 e. The first-order chi connectivity index (χ1) is 7.02. The van der Waals surface area contributed by atoms with Crippen molar-refractivity contribution >= 4 is 17.6 Å². The Hall–Kier alpha value is -1.13. The lowest BCUT2D eigenvalue weighted by Crippen LogP contribution is -2.33. The SMILES string of the molecule is COC(=O)[C@H](N)Cc1cc(F)cc(Cl)c1. The molecule has 0 aromatic heterocycles. The van der Waals surface area contributed by atoms with Crippen molar-refractivity contribution in [2.45, 2.75) is 12.5 Å². The van der Waals surface area contributed by atoms with Crippen LogP contribution in [0.3, 0.4) is 0 Å². The fraction of sp³-hybridized carbons (Fsp3) is 0.300. The minimum absolute atomic E-state index is 0.199. The van der Waals surface area contributed by atoms with Gasteiger partial charge in [-0.1, -0.05) is 11.6 Å². The number of nitrogens with two attached hydrogens (primary N) is 1. The zero-order chi connectivity index (χ0) is 11.4. The van der Waals surface area contributed by atoms with Crippen LogP contribution in [0.15, 0.2) is 18.2 Å². The Kier molecular flexibility index (Phi) is 4.05. The Morgan fingerprint density at radius 1 is 1.60 bits per heavy atom. The molecule has 0 bridgehead atoms. The van der Waals surface area contributed by atoms with E-state index in [0.29, 0.717) is 5.56 Å². The Labute approximate surface area is 92.0 Å². The summed E-state index contributed by atoms with van der Waals surface area (Å²) in [5.74, 6) is -0.982. The highest BCUT2D eigenvalue weighted by atomic mass is 35.5. The molecule has 3 nitrogen and oxygen atoms in total. The maximum Gasteiger partial charge on any atom is 0.322 e. The highest BCUT2D eigenvalue weighted by molar-refractivity contribution is 6.30. The first-order valence-electron chi connectivity index (χ1n) is 4.31.